The van der Waals surface area contributed by atoms with Crippen LogP contribution in [0.2, 0.25) is 0 Å². The van der Waals surface area contributed by atoms with Crippen LogP contribution < -0.4 is 16.4 Å². The van der Waals surface area contributed by atoms with Gasteiger partial charge in [-0.15, -0.1) is 0 Å². The Bertz CT molecular complexity index is 1090. The zero-order valence-corrected chi connectivity index (χ0v) is 19.3. The van der Waals surface area contributed by atoms with E-state index in [9.17, 15) is 18.0 Å². The number of nitrogens with zero attached hydrogens (tertiary/aromatic N) is 2. The van der Waals surface area contributed by atoms with Crippen LogP contribution in [0, 0.1) is 13.8 Å². The molecule has 3 heterocycles. The SMILES string of the molecule is CS(=O)(=O)N1CCCC1.Cc1noc(C)c1-c1ccc(N)c(NC(=O)C2CCC(=O)N2)c1. The van der Waals surface area contributed by atoms with Crippen molar-refractivity contribution in [1.82, 2.24) is 14.8 Å². The maximum atomic E-state index is 12.2. The molecule has 0 bridgehead atoms. The second-order valence-corrected chi connectivity index (χ2v) is 10.0. The summed E-state index contributed by atoms with van der Waals surface area (Å²) in [6.45, 7) is 5.13. The van der Waals surface area contributed by atoms with Crippen LogP contribution in [0.4, 0.5) is 11.4 Å². The molecule has 4 N–H and O–H groups in total. The van der Waals surface area contributed by atoms with Crippen LogP contribution in [0.15, 0.2) is 22.7 Å². The number of aromatic nitrogens is 1. The second kappa shape index (κ2) is 9.70. The van der Waals surface area contributed by atoms with Gasteiger partial charge in [0.15, 0.2) is 0 Å². The van der Waals surface area contributed by atoms with E-state index in [0.29, 0.717) is 30.0 Å². The molecule has 2 aromatic rings. The number of carbonyl (C=O) groups is 2. The summed E-state index contributed by atoms with van der Waals surface area (Å²) >= 11 is 0. The number of nitrogens with two attached hydrogens (primary N) is 1. The first kappa shape index (κ1) is 23.7. The van der Waals surface area contributed by atoms with Gasteiger partial charge in [0.1, 0.15) is 11.8 Å². The summed E-state index contributed by atoms with van der Waals surface area (Å²) in [6, 6.07) is 4.86. The smallest absolute Gasteiger partial charge is 0.247 e. The number of hydrogen-bond donors (Lipinski definition) is 3. The Balaban J connectivity index is 0.000000269. The van der Waals surface area contributed by atoms with Crippen LogP contribution in [-0.4, -0.2) is 55.1 Å². The lowest BCUT2D eigenvalue weighted by Crippen LogP contribution is -2.37. The number of hydrogen-bond acceptors (Lipinski definition) is 7. The van der Waals surface area contributed by atoms with Crippen molar-refractivity contribution < 1.29 is 22.5 Å². The van der Waals surface area contributed by atoms with Gasteiger partial charge in [-0.1, -0.05) is 11.2 Å². The van der Waals surface area contributed by atoms with Crippen molar-refractivity contribution in [3.05, 3.63) is 29.7 Å². The molecular weight excluding hydrogens is 434 g/mol. The molecule has 0 saturated carbocycles. The number of aryl methyl sites for hydroxylation is 2. The number of sulfonamides is 1. The van der Waals surface area contributed by atoms with E-state index < -0.39 is 16.1 Å². The molecule has 1 unspecified atom stereocenters. The van der Waals surface area contributed by atoms with Crippen molar-refractivity contribution in [2.75, 3.05) is 30.4 Å². The standard InChI is InChI=1S/C16H18N4O3.C5H11NO2S/c1-8-15(9(2)23-20-8)10-3-4-11(17)13(7-10)19-16(22)12-5-6-14(21)18-12;1-9(7,8)6-4-2-3-5-6/h3-4,7,12H,5-6,17H2,1-2H3,(H,18,21)(H,19,22);2-5H2,1H3. The largest absolute Gasteiger partial charge is 0.397 e. The molecule has 4 rings (SSSR count). The molecule has 10 nitrogen and oxygen atoms in total. The van der Waals surface area contributed by atoms with Gasteiger partial charge in [0.05, 0.1) is 23.3 Å². The molecule has 32 heavy (non-hydrogen) atoms. The average molecular weight is 464 g/mol. The third-order valence-electron chi connectivity index (χ3n) is 5.48. The Kier molecular flexibility index (Phi) is 7.19. The van der Waals surface area contributed by atoms with Crippen molar-refractivity contribution >= 4 is 33.2 Å². The molecule has 1 atom stereocenters. The summed E-state index contributed by atoms with van der Waals surface area (Å²) in [5.74, 6) is 0.327. The minimum Gasteiger partial charge on any atom is -0.397 e. The average Bonchev–Trinajstić information content (AvgIpc) is 3.46. The van der Waals surface area contributed by atoms with E-state index in [1.54, 1.807) is 12.1 Å². The van der Waals surface area contributed by atoms with Crippen LogP contribution in [0.3, 0.4) is 0 Å². The van der Waals surface area contributed by atoms with Crippen LogP contribution in [0.1, 0.15) is 37.1 Å². The lowest BCUT2D eigenvalue weighted by Gasteiger charge is -2.14. The first-order valence-corrected chi connectivity index (χ1v) is 12.3. The van der Waals surface area contributed by atoms with E-state index >= 15 is 0 Å². The van der Waals surface area contributed by atoms with Gasteiger partial charge in [-0.05, 0) is 50.8 Å². The quantitative estimate of drug-likeness (QED) is 0.586. The highest BCUT2D eigenvalue weighted by Crippen LogP contribution is 2.31. The van der Waals surface area contributed by atoms with E-state index in [2.05, 4.69) is 15.8 Å². The van der Waals surface area contributed by atoms with Crippen molar-refractivity contribution in [2.24, 2.45) is 0 Å². The molecule has 0 aliphatic carbocycles. The highest BCUT2D eigenvalue weighted by molar-refractivity contribution is 7.88. The highest BCUT2D eigenvalue weighted by atomic mass is 32.2. The van der Waals surface area contributed by atoms with Crippen molar-refractivity contribution in [3.63, 3.8) is 0 Å². The summed E-state index contributed by atoms with van der Waals surface area (Å²) in [7, 11) is -2.87. The van der Waals surface area contributed by atoms with E-state index in [1.807, 2.05) is 19.9 Å². The lowest BCUT2D eigenvalue weighted by atomic mass is 10.0. The van der Waals surface area contributed by atoms with Gasteiger partial charge < -0.3 is 20.9 Å². The Labute approximate surface area is 187 Å². The van der Waals surface area contributed by atoms with Crippen LogP contribution >= 0.6 is 0 Å². The van der Waals surface area contributed by atoms with Gasteiger partial charge in [-0.25, -0.2) is 12.7 Å². The zero-order valence-electron chi connectivity index (χ0n) is 18.5. The fourth-order valence-electron chi connectivity index (χ4n) is 3.77. The van der Waals surface area contributed by atoms with E-state index in [-0.39, 0.29) is 11.8 Å². The monoisotopic (exact) mass is 463 g/mol. The molecule has 174 valence electrons. The Morgan fingerprint density at radius 2 is 1.97 bits per heavy atom. The maximum absolute atomic E-state index is 12.2. The Hall–Kier alpha value is -2.92. The van der Waals surface area contributed by atoms with E-state index in [4.69, 9.17) is 10.3 Å². The third kappa shape index (κ3) is 5.65. The summed E-state index contributed by atoms with van der Waals surface area (Å²) in [5.41, 5.74) is 9.43. The highest BCUT2D eigenvalue weighted by Gasteiger charge is 2.27. The minimum atomic E-state index is -2.87. The topological polar surface area (TPSA) is 148 Å². The molecule has 11 heteroatoms. The summed E-state index contributed by atoms with van der Waals surface area (Å²) in [4.78, 5) is 23.5. The number of nitrogens with one attached hydrogen (secondary N) is 2. The van der Waals surface area contributed by atoms with Gasteiger partial charge in [0, 0.05) is 25.1 Å². The van der Waals surface area contributed by atoms with Gasteiger partial charge in [0.2, 0.25) is 21.8 Å². The molecule has 2 fully saturated rings. The lowest BCUT2D eigenvalue weighted by molar-refractivity contribution is -0.122. The van der Waals surface area contributed by atoms with Gasteiger partial charge in [-0.2, -0.15) is 0 Å². The summed E-state index contributed by atoms with van der Waals surface area (Å²) in [5, 5.41) is 9.36. The van der Waals surface area contributed by atoms with Gasteiger partial charge in [0.25, 0.3) is 0 Å². The number of carbonyl (C=O) groups excluding carboxylic acids is 2. The molecule has 1 aromatic heterocycles. The summed E-state index contributed by atoms with van der Waals surface area (Å²) < 4.78 is 28.2. The maximum Gasteiger partial charge on any atom is 0.247 e. The molecule has 2 saturated heterocycles. The third-order valence-corrected chi connectivity index (χ3v) is 6.78. The second-order valence-electron chi connectivity index (χ2n) is 8.02. The molecule has 0 radical (unpaired) electrons. The molecule has 2 aliphatic rings. The van der Waals surface area contributed by atoms with E-state index in [0.717, 1.165) is 42.8 Å². The minimum absolute atomic E-state index is 0.109. The normalized spacial score (nSPS) is 18.7. The Morgan fingerprint density at radius 3 is 2.47 bits per heavy atom. The van der Waals surface area contributed by atoms with Crippen LogP contribution in [0.5, 0.6) is 0 Å². The number of anilines is 2. The number of amides is 2. The van der Waals surface area contributed by atoms with Gasteiger partial charge in [-0.3, -0.25) is 9.59 Å². The van der Waals surface area contributed by atoms with E-state index in [1.165, 1.54) is 10.6 Å². The fraction of sp³-hybridized carbons (Fsp3) is 0.476. The molecule has 2 amide bonds. The molecule has 2 aliphatic heterocycles. The molecule has 0 spiro atoms. The fourth-order valence-corrected chi connectivity index (χ4v) is 4.69. The van der Waals surface area contributed by atoms with Crippen molar-refractivity contribution in [3.8, 4) is 11.1 Å². The first-order chi connectivity index (χ1) is 15.1. The van der Waals surface area contributed by atoms with Crippen LogP contribution in [-0.2, 0) is 19.6 Å². The predicted octanol–water partition coefficient (Wildman–Crippen LogP) is 1.80. The Morgan fingerprint density at radius 1 is 1.28 bits per heavy atom. The van der Waals surface area contributed by atoms with Crippen molar-refractivity contribution in [2.45, 2.75) is 45.6 Å². The first-order valence-electron chi connectivity index (χ1n) is 10.4. The van der Waals surface area contributed by atoms with Crippen LogP contribution in [0.25, 0.3) is 11.1 Å². The zero-order chi connectivity index (χ0) is 23.5. The number of nitrogen functional groups attached to an aromatic ring is 1. The van der Waals surface area contributed by atoms with Gasteiger partial charge >= 0.3 is 0 Å². The predicted molar refractivity (Wildman–Crippen MR) is 121 cm³/mol. The number of benzene rings is 1. The summed E-state index contributed by atoms with van der Waals surface area (Å²) in [6.07, 6.45) is 4.17. The molecule has 1 aromatic carbocycles. The molecular formula is C21H29N5O5S. The number of rotatable bonds is 4. The van der Waals surface area contributed by atoms with Crippen molar-refractivity contribution in [1.29, 1.82) is 0 Å².